The Morgan fingerprint density at radius 2 is 2.32 bits per heavy atom. The molecule has 1 aliphatic heterocycles. The molecule has 3 rings (SSSR count). The molecule has 100 valence electrons. The van der Waals surface area contributed by atoms with Gasteiger partial charge < -0.3 is 4.74 Å². The average Bonchev–Trinajstić information content (AvgIpc) is 2.97. The topological polar surface area (TPSA) is 65.1 Å². The van der Waals surface area contributed by atoms with Gasteiger partial charge >= 0.3 is 0 Å². The number of nitrogens with two attached hydrogens (primary N) is 1. The van der Waals surface area contributed by atoms with Crippen molar-refractivity contribution in [2.45, 2.75) is 19.4 Å². The van der Waals surface area contributed by atoms with E-state index in [1.54, 1.807) is 0 Å². The minimum absolute atomic E-state index is 0.0420. The molecule has 0 amide bonds. The Kier molecular flexibility index (Phi) is 3.00. The molecule has 1 unspecified atom stereocenters. The van der Waals surface area contributed by atoms with Crippen LogP contribution in [0.3, 0.4) is 0 Å². The molecule has 1 atom stereocenters. The summed E-state index contributed by atoms with van der Waals surface area (Å²) in [7, 11) is 1.92. The van der Waals surface area contributed by atoms with Crippen molar-refractivity contribution in [2.75, 3.05) is 6.61 Å². The Bertz CT molecular complexity index is 605. The van der Waals surface area contributed by atoms with Crippen LogP contribution in [0.4, 0.5) is 0 Å². The Hall–Kier alpha value is -1.85. The summed E-state index contributed by atoms with van der Waals surface area (Å²) in [6, 6.07) is 6.20. The fraction of sp³-hybridized carbons (Fsp3) is 0.357. The van der Waals surface area contributed by atoms with Crippen molar-refractivity contribution in [2.24, 2.45) is 12.9 Å². The molecule has 1 aliphatic rings. The van der Waals surface area contributed by atoms with Crippen LogP contribution in [-0.4, -0.2) is 16.4 Å². The molecular weight excluding hydrogens is 240 g/mol. The van der Waals surface area contributed by atoms with Crippen LogP contribution in [0.5, 0.6) is 5.75 Å². The number of hydrazine groups is 1. The molecule has 0 spiro atoms. The monoisotopic (exact) mass is 258 g/mol. The number of hydrogen-bond acceptors (Lipinski definition) is 4. The third kappa shape index (κ3) is 2.11. The highest BCUT2D eigenvalue weighted by Crippen LogP contribution is 2.30. The number of nitrogens with zero attached hydrogens (tertiary/aromatic N) is 2. The lowest BCUT2D eigenvalue weighted by Gasteiger charge is -2.16. The standard InChI is InChI=1S/C14H18N4O/c1-9-12(8-18(2)17-9)14(16-15)11-3-4-13-10(7-11)5-6-19-13/h3-4,7-8,14,16H,5-6,15H2,1-2H3. The lowest BCUT2D eigenvalue weighted by molar-refractivity contribution is 0.357. The highest BCUT2D eigenvalue weighted by atomic mass is 16.5. The van der Waals surface area contributed by atoms with Crippen molar-refractivity contribution in [1.29, 1.82) is 0 Å². The van der Waals surface area contributed by atoms with Gasteiger partial charge in [-0.05, 0) is 24.1 Å². The van der Waals surface area contributed by atoms with Gasteiger partial charge in [0.25, 0.3) is 0 Å². The summed E-state index contributed by atoms with van der Waals surface area (Å²) in [6.45, 7) is 2.77. The lowest BCUT2D eigenvalue weighted by atomic mass is 9.97. The maximum Gasteiger partial charge on any atom is 0.122 e. The number of benzene rings is 1. The zero-order chi connectivity index (χ0) is 13.4. The van der Waals surface area contributed by atoms with E-state index in [1.165, 1.54) is 5.56 Å². The average molecular weight is 258 g/mol. The molecule has 0 aliphatic carbocycles. The maximum absolute atomic E-state index is 5.74. The van der Waals surface area contributed by atoms with Crippen LogP contribution >= 0.6 is 0 Å². The molecule has 5 nitrogen and oxygen atoms in total. The summed E-state index contributed by atoms with van der Waals surface area (Å²) in [6.07, 6.45) is 2.97. The van der Waals surface area contributed by atoms with Crippen LogP contribution in [0.2, 0.25) is 0 Å². The normalized spacial score (nSPS) is 15.1. The van der Waals surface area contributed by atoms with Crippen LogP contribution in [-0.2, 0) is 13.5 Å². The van der Waals surface area contributed by atoms with Crippen molar-refractivity contribution < 1.29 is 4.74 Å². The minimum atomic E-state index is -0.0420. The highest BCUT2D eigenvalue weighted by Gasteiger charge is 2.20. The SMILES string of the molecule is Cc1nn(C)cc1C(NN)c1ccc2c(c1)CCO2. The predicted octanol–water partition coefficient (Wildman–Crippen LogP) is 1.22. The number of aromatic nitrogens is 2. The molecule has 0 bridgehead atoms. The highest BCUT2D eigenvalue weighted by molar-refractivity contribution is 5.43. The minimum Gasteiger partial charge on any atom is -0.493 e. The molecule has 1 aromatic heterocycles. The van der Waals surface area contributed by atoms with Crippen molar-refractivity contribution in [1.82, 2.24) is 15.2 Å². The van der Waals surface area contributed by atoms with Gasteiger partial charge in [-0.1, -0.05) is 12.1 Å². The summed E-state index contributed by atoms with van der Waals surface area (Å²) >= 11 is 0. The number of ether oxygens (including phenoxy) is 1. The van der Waals surface area contributed by atoms with Gasteiger partial charge in [0.15, 0.2) is 0 Å². The van der Waals surface area contributed by atoms with Crippen molar-refractivity contribution in [3.05, 3.63) is 46.8 Å². The summed E-state index contributed by atoms with van der Waals surface area (Å²) in [5, 5.41) is 4.37. The van der Waals surface area contributed by atoms with Crippen LogP contribution in [0, 0.1) is 6.92 Å². The molecule has 2 aromatic rings. The molecule has 2 heterocycles. The first-order valence-corrected chi connectivity index (χ1v) is 6.41. The predicted molar refractivity (Wildman–Crippen MR) is 72.8 cm³/mol. The summed E-state index contributed by atoms with van der Waals surface area (Å²) in [5.41, 5.74) is 7.37. The van der Waals surface area contributed by atoms with Crippen molar-refractivity contribution in [3.8, 4) is 5.75 Å². The van der Waals surface area contributed by atoms with Crippen LogP contribution in [0.15, 0.2) is 24.4 Å². The smallest absolute Gasteiger partial charge is 0.122 e. The molecule has 1 aromatic carbocycles. The van der Waals surface area contributed by atoms with Gasteiger partial charge in [0, 0.05) is 25.2 Å². The summed E-state index contributed by atoms with van der Waals surface area (Å²) in [5.74, 6) is 6.73. The van der Waals surface area contributed by atoms with Crippen LogP contribution in [0.1, 0.15) is 28.4 Å². The fourth-order valence-electron chi connectivity index (χ4n) is 2.65. The van der Waals surface area contributed by atoms with Gasteiger partial charge in [0.2, 0.25) is 0 Å². The van der Waals surface area contributed by atoms with E-state index >= 15 is 0 Å². The van der Waals surface area contributed by atoms with Gasteiger partial charge in [-0.15, -0.1) is 0 Å². The second kappa shape index (κ2) is 4.68. The molecule has 0 radical (unpaired) electrons. The largest absolute Gasteiger partial charge is 0.493 e. The second-order valence-electron chi connectivity index (χ2n) is 4.91. The van der Waals surface area contributed by atoms with E-state index in [-0.39, 0.29) is 6.04 Å². The van der Waals surface area contributed by atoms with E-state index < -0.39 is 0 Å². The first-order chi connectivity index (χ1) is 9.19. The van der Waals surface area contributed by atoms with E-state index in [0.717, 1.165) is 35.6 Å². The number of nitrogens with one attached hydrogen (secondary N) is 1. The zero-order valence-corrected chi connectivity index (χ0v) is 11.2. The zero-order valence-electron chi connectivity index (χ0n) is 11.2. The first-order valence-electron chi connectivity index (χ1n) is 6.41. The second-order valence-corrected chi connectivity index (χ2v) is 4.91. The van der Waals surface area contributed by atoms with Gasteiger partial charge in [0.05, 0.1) is 18.3 Å². The van der Waals surface area contributed by atoms with Crippen molar-refractivity contribution >= 4 is 0 Å². The van der Waals surface area contributed by atoms with E-state index in [1.807, 2.05) is 30.9 Å². The van der Waals surface area contributed by atoms with Gasteiger partial charge in [0.1, 0.15) is 5.75 Å². The number of hydrogen-bond donors (Lipinski definition) is 2. The fourth-order valence-corrected chi connectivity index (χ4v) is 2.65. The van der Waals surface area contributed by atoms with Gasteiger partial charge in [-0.25, -0.2) is 5.43 Å². The molecule has 0 saturated heterocycles. The van der Waals surface area contributed by atoms with E-state index in [9.17, 15) is 0 Å². The molecule has 5 heteroatoms. The van der Waals surface area contributed by atoms with E-state index in [4.69, 9.17) is 10.6 Å². The number of rotatable bonds is 3. The van der Waals surface area contributed by atoms with E-state index in [0.29, 0.717) is 0 Å². The molecule has 0 saturated carbocycles. The quantitative estimate of drug-likeness (QED) is 0.641. The van der Waals surface area contributed by atoms with Crippen LogP contribution in [0.25, 0.3) is 0 Å². The third-order valence-electron chi connectivity index (χ3n) is 3.58. The van der Waals surface area contributed by atoms with Gasteiger partial charge in [-0.3, -0.25) is 10.5 Å². The molecular formula is C14H18N4O. The summed E-state index contributed by atoms with van der Waals surface area (Å²) < 4.78 is 7.34. The molecule has 3 N–H and O–H groups in total. The summed E-state index contributed by atoms with van der Waals surface area (Å²) in [4.78, 5) is 0. The first kappa shape index (κ1) is 12.2. The maximum atomic E-state index is 5.74. The Morgan fingerprint density at radius 3 is 3.00 bits per heavy atom. The van der Waals surface area contributed by atoms with Gasteiger partial charge in [-0.2, -0.15) is 5.10 Å². The Morgan fingerprint density at radius 1 is 1.47 bits per heavy atom. The third-order valence-corrected chi connectivity index (χ3v) is 3.58. The van der Waals surface area contributed by atoms with Crippen molar-refractivity contribution in [3.63, 3.8) is 0 Å². The van der Waals surface area contributed by atoms with Crippen LogP contribution < -0.4 is 16.0 Å². The number of fused-ring (bicyclic) bond motifs is 1. The Balaban J connectivity index is 2.00. The van der Waals surface area contributed by atoms with E-state index in [2.05, 4.69) is 22.7 Å². The molecule has 19 heavy (non-hydrogen) atoms. The Labute approximate surface area is 112 Å². The molecule has 0 fully saturated rings. The lowest BCUT2D eigenvalue weighted by Crippen LogP contribution is -2.29. The number of aryl methyl sites for hydroxylation is 2.